The molecule has 3 rings (SSSR count). The van der Waals surface area contributed by atoms with E-state index in [-0.39, 0.29) is 5.82 Å². The summed E-state index contributed by atoms with van der Waals surface area (Å²) in [5.74, 6) is 0.976. The Kier molecular flexibility index (Phi) is 3.05. The summed E-state index contributed by atoms with van der Waals surface area (Å²) in [4.78, 5) is 12.2. The van der Waals surface area contributed by atoms with E-state index in [1.807, 2.05) is 30.3 Å². The van der Waals surface area contributed by atoms with Gasteiger partial charge in [-0.1, -0.05) is 65.1 Å². The van der Waals surface area contributed by atoms with Crippen molar-refractivity contribution in [3.63, 3.8) is 0 Å². The summed E-state index contributed by atoms with van der Waals surface area (Å²) in [5, 5.41) is 4.28. The first-order chi connectivity index (χ1) is 9.05. The lowest BCUT2D eigenvalue weighted by Crippen LogP contribution is -2.12. The molecule has 5 nitrogen and oxygen atoms in total. The van der Waals surface area contributed by atoms with Crippen LogP contribution in [0.1, 0.15) is 5.82 Å². The van der Waals surface area contributed by atoms with Crippen molar-refractivity contribution in [2.45, 2.75) is 3.79 Å². The third-order valence-corrected chi connectivity index (χ3v) is 2.94. The van der Waals surface area contributed by atoms with Gasteiger partial charge in [-0.15, -0.1) is 5.10 Å². The number of hydrogen-bond acceptors (Lipinski definition) is 4. The molecule has 0 aliphatic rings. The maximum Gasteiger partial charge on any atom is 0.256 e. The smallest absolute Gasteiger partial charge is 0.217 e. The van der Waals surface area contributed by atoms with E-state index in [1.54, 1.807) is 0 Å². The molecule has 0 N–H and O–H groups in total. The summed E-state index contributed by atoms with van der Waals surface area (Å²) in [6.07, 6.45) is 1.29. The van der Waals surface area contributed by atoms with Crippen molar-refractivity contribution >= 4 is 40.6 Å². The number of fused-ring (bicyclic) bond motifs is 1. The Hall–Kier alpha value is -1.43. The summed E-state index contributed by atoms with van der Waals surface area (Å²) >= 11 is 17.5. The minimum absolute atomic E-state index is 0.150. The van der Waals surface area contributed by atoms with Gasteiger partial charge in [-0.2, -0.15) is 14.5 Å². The minimum atomic E-state index is -1.69. The summed E-state index contributed by atoms with van der Waals surface area (Å²) in [5.41, 5.74) is 0.850. The van der Waals surface area contributed by atoms with Crippen LogP contribution >= 0.6 is 34.8 Å². The van der Waals surface area contributed by atoms with Gasteiger partial charge in [0.15, 0.2) is 11.6 Å². The van der Waals surface area contributed by atoms with Crippen LogP contribution in [-0.4, -0.2) is 24.6 Å². The Morgan fingerprint density at radius 3 is 2.42 bits per heavy atom. The van der Waals surface area contributed by atoms with Crippen molar-refractivity contribution in [3.05, 3.63) is 42.5 Å². The number of benzene rings is 1. The van der Waals surface area contributed by atoms with Crippen LogP contribution in [0.4, 0.5) is 0 Å². The second-order valence-electron chi connectivity index (χ2n) is 3.71. The van der Waals surface area contributed by atoms with E-state index >= 15 is 0 Å². The van der Waals surface area contributed by atoms with Gasteiger partial charge in [0.05, 0.1) is 0 Å². The molecule has 0 saturated carbocycles. The number of alkyl halides is 3. The van der Waals surface area contributed by atoms with Gasteiger partial charge in [0.1, 0.15) is 6.33 Å². The van der Waals surface area contributed by atoms with Crippen molar-refractivity contribution < 1.29 is 0 Å². The second kappa shape index (κ2) is 4.59. The zero-order valence-corrected chi connectivity index (χ0v) is 11.6. The SMILES string of the molecule is ClC(Cl)(Cl)c1ncnc2nc(-c3ccccc3)nn12. The van der Waals surface area contributed by atoms with E-state index in [4.69, 9.17) is 34.8 Å². The lowest BCUT2D eigenvalue weighted by Gasteiger charge is -2.09. The van der Waals surface area contributed by atoms with Crippen LogP contribution < -0.4 is 0 Å². The zero-order chi connectivity index (χ0) is 13.5. The van der Waals surface area contributed by atoms with E-state index in [9.17, 15) is 0 Å². The van der Waals surface area contributed by atoms with Crippen LogP contribution in [0.5, 0.6) is 0 Å². The molecule has 0 atom stereocenters. The third kappa shape index (κ3) is 2.36. The Bertz CT molecular complexity index is 720. The molecule has 0 spiro atoms. The van der Waals surface area contributed by atoms with Gasteiger partial charge >= 0.3 is 0 Å². The molecule has 0 radical (unpaired) electrons. The summed E-state index contributed by atoms with van der Waals surface area (Å²) in [7, 11) is 0. The molecule has 0 unspecified atom stereocenters. The van der Waals surface area contributed by atoms with E-state index in [2.05, 4.69) is 20.1 Å². The molecule has 0 aliphatic carbocycles. The first-order valence-electron chi connectivity index (χ1n) is 5.26. The molecule has 1 aromatic carbocycles. The van der Waals surface area contributed by atoms with E-state index in [0.717, 1.165) is 5.56 Å². The van der Waals surface area contributed by atoms with Gasteiger partial charge in [0.25, 0.3) is 5.78 Å². The fourth-order valence-electron chi connectivity index (χ4n) is 1.62. The molecule has 96 valence electrons. The van der Waals surface area contributed by atoms with Crippen molar-refractivity contribution in [3.8, 4) is 11.4 Å². The number of nitrogens with zero attached hydrogens (tertiary/aromatic N) is 5. The number of aromatic nitrogens is 5. The quantitative estimate of drug-likeness (QED) is 0.648. The predicted molar refractivity (Wildman–Crippen MR) is 73.3 cm³/mol. The predicted octanol–water partition coefficient (Wildman–Crippen LogP) is 3.01. The Morgan fingerprint density at radius 1 is 1.00 bits per heavy atom. The lowest BCUT2D eigenvalue weighted by atomic mass is 10.2. The first kappa shape index (κ1) is 12.6. The summed E-state index contributed by atoms with van der Waals surface area (Å²) in [6, 6.07) is 9.46. The fraction of sp³-hybridized carbons (Fsp3) is 0.0909. The van der Waals surface area contributed by atoms with Crippen LogP contribution in [0.3, 0.4) is 0 Å². The van der Waals surface area contributed by atoms with Gasteiger partial charge in [-0.05, 0) is 0 Å². The number of halogens is 3. The monoisotopic (exact) mass is 313 g/mol. The van der Waals surface area contributed by atoms with Gasteiger partial charge in [-0.3, -0.25) is 0 Å². The first-order valence-corrected chi connectivity index (χ1v) is 6.39. The third-order valence-electron chi connectivity index (χ3n) is 2.43. The summed E-state index contributed by atoms with van der Waals surface area (Å²) < 4.78 is -0.363. The highest BCUT2D eigenvalue weighted by molar-refractivity contribution is 6.66. The zero-order valence-electron chi connectivity index (χ0n) is 9.33. The Morgan fingerprint density at radius 2 is 1.74 bits per heavy atom. The van der Waals surface area contributed by atoms with Crippen LogP contribution in [0.25, 0.3) is 17.2 Å². The molecule has 8 heteroatoms. The van der Waals surface area contributed by atoms with Crippen LogP contribution in [0, 0.1) is 0 Å². The average Bonchev–Trinajstić information content (AvgIpc) is 2.82. The molecular formula is C11H6Cl3N5. The standard InChI is InChI=1S/C11H6Cl3N5/c12-11(13,14)9-15-6-16-10-17-8(18-19(9)10)7-4-2-1-3-5-7/h1-6H. The Labute approximate surface area is 123 Å². The molecule has 2 heterocycles. The van der Waals surface area contributed by atoms with Crippen molar-refractivity contribution in [1.29, 1.82) is 0 Å². The topological polar surface area (TPSA) is 56.0 Å². The minimum Gasteiger partial charge on any atom is -0.217 e. The van der Waals surface area contributed by atoms with E-state index in [1.165, 1.54) is 10.8 Å². The van der Waals surface area contributed by atoms with E-state index in [0.29, 0.717) is 11.6 Å². The number of rotatable bonds is 1. The van der Waals surface area contributed by atoms with E-state index < -0.39 is 3.79 Å². The average molecular weight is 315 g/mol. The molecule has 0 saturated heterocycles. The molecule has 0 aliphatic heterocycles. The second-order valence-corrected chi connectivity index (χ2v) is 5.99. The highest BCUT2D eigenvalue weighted by atomic mass is 35.6. The number of hydrogen-bond donors (Lipinski definition) is 0. The molecule has 2 aromatic heterocycles. The molecule has 0 amide bonds. The van der Waals surface area contributed by atoms with Crippen LogP contribution in [0.15, 0.2) is 36.7 Å². The van der Waals surface area contributed by atoms with Gasteiger partial charge in [0, 0.05) is 5.56 Å². The van der Waals surface area contributed by atoms with Crippen molar-refractivity contribution in [1.82, 2.24) is 24.6 Å². The van der Waals surface area contributed by atoms with Crippen LogP contribution in [0.2, 0.25) is 0 Å². The van der Waals surface area contributed by atoms with Gasteiger partial charge in [-0.25, -0.2) is 4.98 Å². The molecule has 19 heavy (non-hydrogen) atoms. The fourth-order valence-corrected chi connectivity index (χ4v) is 2.01. The maximum absolute atomic E-state index is 5.84. The maximum atomic E-state index is 5.84. The molecule has 3 aromatic rings. The largest absolute Gasteiger partial charge is 0.256 e. The van der Waals surface area contributed by atoms with Crippen molar-refractivity contribution in [2.75, 3.05) is 0 Å². The summed E-state index contributed by atoms with van der Waals surface area (Å²) in [6.45, 7) is 0. The Balaban J connectivity index is 2.22. The van der Waals surface area contributed by atoms with Gasteiger partial charge < -0.3 is 0 Å². The van der Waals surface area contributed by atoms with Crippen LogP contribution in [-0.2, 0) is 3.79 Å². The molecular weight excluding hydrogens is 309 g/mol. The van der Waals surface area contributed by atoms with Crippen molar-refractivity contribution in [2.24, 2.45) is 0 Å². The highest BCUT2D eigenvalue weighted by Gasteiger charge is 2.29. The molecule has 0 fully saturated rings. The molecule has 0 bridgehead atoms. The lowest BCUT2D eigenvalue weighted by molar-refractivity contribution is 0.801. The highest BCUT2D eigenvalue weighted by Crippen LogP contribution is 2.36. The normalized spacial score (nSPS) is 11.9. The van der Waals surface area contributed by atoms with Gasteiger partial charge in [0.2, 0.25) is 3.79 Å².